The monoisotopic (exact) mass is 198 g/mol. The third kappa shape index (κ3) is 8.87. The van der Waals surface area contributed by atoms with Crippen LogP contribution in [-0.4, -0.2) is 19.0 Å². The van der Waals surface area contributed by atoms with Crippen LogP contribution in [0.1, 0.15) is 39.0 Å². The molecule has 0 aromatic carbocycles. The first-order valence-electron chi connectivity index (χ1n) is 5.08. The van der Waals surface area contributed by atoms with E-state index in [9.17, 15) is 4.79 Å². The summed E-state index contributed by atoms with van der Waals surface area (Å²) in [5.41, 5.74) is 8.00. The third-order valence-electron chi connectivity index (χ3n) is 1.83. The number of hydrogen-bond donors (Lipinski definition) is 1. The molecule has 0 aliphatic heterocycles. The summed E-state index contributed by atoms with van der Waals surface area (Å²) in [6.45, 7) is 3.26. The number of unbranched alkanes of at least 4 members (excludes halogenated alkanes) is 2. The maximum absolute atomic E-state index is 11.1. The van der Waals surface area contributed by atoms with E-state index in [-0.39, 0.29) is 5.91 Å². The maximum Gasteiger partial charge on any atom is 0.219 e. The first kappa shape index (κ1) is 12.8. The van der Waals surface area contributed by atoms with Crippen LogP contribution in [0.5, 0.6) is 0 Å². The summed E-state index contributed by atoms with van der Waals surface area (Å²) in [7, 11) is 0. The molecule has 0 radical (unpaired) electrons. The minimum Gasteiger partial charge on any atom is -0.356 e. The van der Waals surface area contributed by atoms with Gasteiger partial charge >= 0.3 is 0 Å². The number of azide groups is 1. The van der Waals surface area contributed by atoms with Crippen molar-refractivity contribution in [2.24, 2.45) is 5.11 Å². The Morgan fingerprint density at radius 3 is 2.86 bits per heavy atom. The second-order valence-corrected chi connectivity index (χ2v) is 3.12. The summed E-state index contributed by atoms with van der Waals surface area (Å²) in [4.78, 5) is 13.7. The lowest BCUT2D eigenvalue weighted by atomic mass is 10.2. The molecule has 0 fully saturated rings. The molecule has 0 saturated heterocycles. The molecule has 1 amide bonds. The molecule has 0 aromatic rings. The van der Waals surface area contributed by atoms with Crippen molar-refractivity contribution < 1.29 is 4.79 Å². The van der Waals surface area contributed by atoms with Gasteiger partial charge in [-0.1, -0.05) is 18.5 Å². The van der Waals surface area contributed by atoms with E-state index in [1.807, 2.05) is 0 Å². The van der Waals surface area contributed by atoms with Crippen molar-refractivity contribution in [3.05, 3.63) is 10.4 Å². The minimum atomic E-state index is 0.121. The van der Waals surface area contributed by atoms with Gasteiger partial charge in [-0.2, -0.15) is 0 Å². The number of amides is 1. The topological polar surface area (TPSA) is 77.9 Å². The molecule has 0 aliphatic carbocycles. The summed E-state index contributed by atoms with van der Waals surface area (Å²) in [6.07, 6.45) is 4.32. The SMILES string of the molecule is CCCCC(=O)NCCCCN=[N+]=[N-]. The lowest BCUT2D eigenvalue weighted by molar-refractivity contribution is -0.121. The Kier molecular flexibility index (Phi) is 9.01. The zero-order chi connectivity index (χ0) is 10.6. The average Bonchev–Trinajstić information content (AvgIpc) is 2.20. The molecule has 80 valence electrons. The average molecular weight is 198 g/mol. The first-order chi connectivity index (χ1) is 6.81. The Morgan fingerprint density at radius 1 is 1.43 bits per heavy atom. The number of carbonyl (C=O) groups excluding carboxylic acids is 1. The number of nitrogens with zero attached hydrogens (tertiary/aromatic N) is 3. The second-order valence-electron chi connectivity index (χ2n) is 3.12. The summed E-state index contributed by atoms with van der Waals surface area (Å²) in [5, 5.41) is 6.23. The molecule has 0 saturated carbocycles. The van der Waals surface area contributed by atoms with Gasteiger partial charge in [-0.05, 0) is 24.8 Å². The van der Waals surface area contributed by atoms with Gasteiger partial charge in [-0.3, -0.25) is 4.79 Å². The lowest BCUT2D eigenvalue weighted by Crippen LogP contribution is -2.24. The summed E-state index contributed by atoms with van der Waals surface area (Å²) in [6, 6.07) is 0. The summed E-state index contributed by atoms with van der Waals surface area (Å²) in [5.74, 6) is 0.121. The van der Waals surface area contributed by atoms with Crippen molar-refractivity contribution >= 4 is 5.91 Å². The first-order valence-corrected chi connectivity index (χ1v) is 5.08. The van der Waals surface area contributed by atoms with Gasteiger partial charge in [0, 0.05) is 24.4 Å². The Balaban J connectivity index is 3.18. The highest BCUT2D eigenvalue weighted by Crippen LogP contribution is 1.94. The van der Waals surface area contributed by atoms with E-state index >= 15 is 0 Å². The largest absolute Gasteiger partial charge is 0.356 e. The molecule has 0 heterocycles. The Bertz CT molecular complexity index is 199. The normalized spacial score (nSPS) is 9.21. The van der Waals surface area contributed by atoms with Gasteiger partial charge in [0.25, 0.3) is 0 Å². The van der Waals surface area contributed by atoms with Gasteiger partial charge in [0.05, 0.1) is 0 Å². The van der Waals surface area contributed by atoms with Crippen molar-refractivity contribution in [2.75, 3.05) is 13.1 Å². The predicted octanol–water partition coefficient (Wildman–Crippen LogP) is 2.38. The molecule has 0 bridgehead atoms. The van der Waals surface area contributed by atoms with E-state index < -0.39 is 0 Å². The highest BCUT2D eigenvalue weighted by molar-refractivity contribution is 5.75. The van der Waals surface area contributed by atoms with E-state index in [4.69, 9.17) is 5.53 Å². The lowest BCUT2D eigenvalue weighted by Gasteiger charge is -2.02. The summed E-state index contributed by atoms with van der Waals surface area (Å²) >= 11 is 0. The molecule has 0 spiro atoms. The van der Waals surface area contributed by atoms with Gasteiger partial charge in [0.15, 0.2) is 0 Å². The van der Waals surface area contributed by atoms with Crippen LogP contribution >= 0.6 is 0 Å². The fourth-order valence-corrected chi connectivity index (χ4v) is 1.01. The van der Waals surface area contributed by atoms with E-state index in [0.717, 1.165) is 25.7 Å². The highest BCUT2D eigenvalue weighted by atomic mass is 16.1. The predicted molar refractivity (Wildman–Crippen MR) is 55.8 cm³/mol. The van der Waals surface area contributed by atoms with Crippen molar-refractivity contribution in [1.29, 1.82) is 0 Å². The minimum absolute atomic E-state index is 0.121. The molecule has 0 atom stereocenters. The molecule has 5 nitrogen and oxygen atoms in total. The second kappa shape index (κ2) is 9.86. The van der Waals surface area contributed by atoms with Crippen molar-refractivity contribution in [3.63, 3.8) is 0 Å². The number of nitrogens with one attached hydrogen (secondary N) is 1. The van der Waals surface area contributed by atoms with Gasteiger partial charge < -0.3 is 5.32 Å². The molecular weight excluding hydrogens is 180 g/mol. The van der Waals surface area contributed by atoms with Crippen LogP contribution < -0.4 is 5.32 Å². The molecule has 0 aromatic heterocycles. The Hall–Kier alpha value is -1.22. The van der Waals surface area contributed by atoms with Crippen LogP contribution in [0.2, 0.25) is 0 Å². The smallest absolute Gasteiger partial charge is 0.219 e. The van der Waals surface area contributed by atoms with Crippen LogP contribution in [0.3, 0.4) is 0 Å². The van der Waals surface area contributed by atoms with E-state index in [0.29, 0.717) is 19.5 Å². The van der Waals surface area contributed by atoms with Gasteiger partial charge in [0.2, 0.25) is 5.91 Å². The number of carbonyl (C=O) groups is 1. The van der Waals surface area contributed by atoms with E-state index in [2.05, 4.69) is 22.3 Å². The quantitative estimate of drug-likeness (QED) is 0.276. The standard InChI is InChI=1S/C9H18N4O/c1-2-3-6-9(14)11-7-4-5-8-12-13-10/h2-8H2,1H3,(H,11,14). The Morgan fingerprint density at radius 2 is 2.21 bits per heavy atom. The number of hydrogen-bond acceptors (Lipinski definition) is 2. The number of rotatable bonds is 8. The van der Waals surface area contributed by atoms with Crippen molar-refractivity contribution in [3.8, 4) is 0 Å². The van der Waals surface area contributed by atoms with E-state index in [1.54, 1.807) is 0 Å². The van der Waals surface area contributed by atoms with Gasteiger partial charge in [0.1, 0.15) is 0 Å². The summed E-state index contributed by atoms with van der Waals surface area (Å²) < 4.78 is 0. The van der Waals surface area contributed by atoms with Crippen LogP contribution in [0.4, 0.5) is 0 Å². The van der Waals surface area contributed by atoms with Crippen LogP contribution in [0, 0.1) is 0 Å². The molecule has 5 heteroatoms. The Labute approximate surface area is 84.5 Å². The molecule has 14 heavy (non-hydrogen) atoms. The van der Waals surface area contributed by atoms with Crippen LogP contribution in [-0.2, 0) is 4.79 Å². The zero-order valence-electron chi connectivity index (χ0n) is 8.70. The molecule has 0 aliphatic rings. The van der Waals surface area contributed by atoms with Gasteiger partial charge in [-0.25, -0.2) is 0 Å². The molecule has 0 unspecified atom stereocenters. The molecular formula is C9H18N4O. The zero-order valence-corrected chi connectivity index (χ0v) is 8.70. The van der Waals surface area contributed by atoms with Crippen molar-refractivity contribution in [2.45, 2.75) is 39.0 Å². The maximum atomic E-state index is 11.1. The highest BCUT2D eigenvalue weighted by Gasteiger charge is 1.97. The van der Waals surface area contributed by atoms with Gasteiger partial charge in [-0.15, -0.1) is 0 Å². The fourth-order valence-electron chi connectivity index (χ4n) is 1.01. The molecule has 0 rings (SSSR count). The van der Waals surface area contributed by atoms with Crippen LogP contribution in [0.15, 0.2) is 5.11 Å². The van der Waals surface area contributed by atoms with Crippen molar-refractivity contribution in [1.82, 2.24) is 5.32 Å². The third-order valence-corrected chi connectivity index (χ3v) is 1.83. The van der Waals surface area contributed by atoms with E-state index in [1.165, 1.54) is 0 Å². The molecule has 1 N–H and O–H groups in total. The van der Waals surface area contributed by atoms with Crippen LogP contribution in [0.25, 0.3) is 10.4 Å². The fraction of sp³-hybridized carbons (Fsp3) is 0.889.